The van der Waals surface area contributed by atoms with Crippen molar-refractivity contribution in [1.29, 1.82) is 0 Å². The number of hydrogen-bond acceptors (Lipinski definition) is 4. The molecule has 6 heteroatoms. The summed E-state index contributed by atoms with van der Waals surface area (Å²) in [7, 11) is -4.49. The second kappa shape index (κ2) is 5.48. The van der Waals surface area contributed by atoms with E-state index in [4.69, 9.17) is 5.11 Å². The molecule has 0 unspecified atom stereocenters. The molecule has 0 fully saturated rings. The topological polar surface area (TPSA) is 77.4 Å². The Morgan fingerprint density at radius 1 is 1.18 bits per heavy atom. The van der Waals surface area contributed by atoms with Crippen LogP contribution in [0.2, 0.25) is 0 Å². The molecule has 0 bridgehead atoms. The van der Waals surface area contributed by atoms with Crippen LogP contribution in [0.4, 0.5) is 0 Å². The van der Waals surface area contributed by atoms with Crippen molar-refractivity contribution in [2.45, 2.75) is 11.5 Å². The number of benzene rings is 2. The zero-order valence-corrected chi connectivity index (χ0v) is 12.1. The Morgan fingerprint density at radius 2 is 1.88 bits per heavy atom. The van der Waals surface area contributed by atoms with Crippen molar-refractivity contribution >= 4 is 20.9 Å². The quantitative estimate of drug-likeness (QED) is 0.512. The third-order valence-electron chi connectivity index (χ3n) is 2.36. The average molecular weight is 260 g/mol. The van der Waals surface area contributed by atoms with Gasteiger partial charge in [0, 0.05) is 0 Å². The van der Waals surface area contributed by atoms with Crippen molar-refractivity contribution in [3.63, 3.8) is 0 Å². The van der Waals surface area contributed by atoms with Crippen LogP contribution in [0.5, 0.6) is 0 Å². The second-order valence-corrected chi connectivity index (χ2v) is 4.77. The van der Waals surface area contributed by atoms with Crippen LogP contribution in [0.1, 0.15) is 5.56 Å². The summed E-state index contributed by atoms with van der Waals surface area (Å²) in [6, 6.07) is 9.38. The Labute approximate surface area is 121 Å². The van der Waals surface area contributed by atoms with Crippen molar-refractivity contribution in [3.05, 3.63) is 42.0 Å². The molecule has 0 radical (unpaired) electrons. The van der Waals surface area contributed by atoms with E-state index in [9.17, 15) is 13.0 Å². The van der Waals surface area contributed by atoms with Crippen LogP contribution >= 0.6 is 0 Å². The Hall–Kier alpha value is -0.430. The van der Waals surface area contributed by atoms with E-state index in [0.29, 0.717) is 16.3 Å². The van der Waals surface area contributed by atoms with Gasteiger partial charge in [0.2, 0.25) is 0 Å². The first kappa shape index (κ1) is 14.6. The van der Waals surface area contributed by atoms with Gasteiger partial charge in [-0.25, -0.2) is 8.42 Å². The summed E-state index contributed by atoms with van der Waals surface area (Å²) < 4.78 is 33.1. The molecule has 84 valence electrons. The molecule has 17 heavy (non-hydrogen) atoms. The summed E-state index contributed by atoms with van der Waals surface area (Å²) in [4.78, 5) is -0.250. The predicted octanol–water partition coefficient (Wildman–Crippen LogP) is -1.76. The first-order chi connectivity index (χ1) is 7.52. The van der Waals surface area contributed by atoms with Gasteiger partial charge in [0.05, 0.1) is 11.5 Å². The van der Waals surface area contributed by atoms with E-state index in [2.05, 4.69) is 0 Å². The van der Waals surface area contributed by atoms with Gasteiger partial charge in [-0.05, 0) is 28.5 Å². The number of aliphatic hydroxyl groups is 1. The standard InChI is InChI=1S/C11H10O4S.Na/c12-7-8-4-5-9-2-1-3-11(10(9)6-8)16(13,14)15;/h1-6,12H,7H2,(H,13,14,15);/q;+1/p-1. The molecule has 2 rings (SSSR count). The van der Waals surface area contributed by atoms with E-state index in [1.807, 2.05) is 0 Å². The summed E-state index contributed by atoms with van der Waals surface area (Å²) in [6.45, 7) is -0.191. The summed E-state index contributed by atoms with van der Waals surface area (Å²) in [5.74, 6) is 0. The van der Waals surface area contributed by atoms with Crippen molar-refractivity contribution in [2.75, 3.05) is 0 Å². The molecule has 0 aliphatic rings. The molecule has 0 amide bonds. The van der Waals surface area contributed by atoms with Crippen molar-refractivity contribution < 1.29 is 47.6 Å². The van der Waals surface area contributed by atoms with Crippen molar-refractivity contribution in [2.24, 2.45) is 0 Å². The van der Waals surface area contributed by atoms with Gasteiger partial charge in [-0.3, -0.25) is 0 Å². The Balaban J connectivity index is 0.00000144. The van der Waals surface area contributed by atoms with Crippen LogP contribution in [0.3, 0.4) is 0 Å². The molecular formula is C11H9NaO4S. The average Bonchev–Trinajstić information content (AvgIpc) is 2.26. The fourth-order valence-corrected chi connectivity index (χ4v) is 2.30. The van der Waals surface area contributed by atoms with Crippen LogP contribution in [0.15, 0.2) is 41.3 Å². The molecule has 0 aliphatic heterocycles. The van der Waals surface area contributed by atoms with Crippen LogP contribution in [-0.4, -0.2) is 18.1 Å². The van der Waals surface area contributed by atoms with Crippen LogP contribution in [0.25, 0.3) is 10.8 Å². The number of aliphatic hydroxyl groups excluding tert-OH is 1. The van der Waals surface area contributed by atoms with Crippen LogP contribution in [-0.2, 0) is 16.7 Å². The molecule has 2 aromatic rings. The number of hydrogen-bond donors (Lipinski definition) is 1. The number of fused-ring (bicyclic) bond motifs is 1. The van der Waals surface area contributed by atoms with Crippen molar-refractivity contribution in [1.82, 2.24) is 0 Å². The molecule has 0 saturated heterocycles. The smallest absolute Gasteiger partial charge is 0.744 e. The monoisotopic (exact) mass is 260 g/mol. The molecule has 0 atom stereocenters. The number of rotatable bonds is 2. The maximum Gasteiger partial charge on any atom is 1.00 e. The molecular weight excluding hydrogens is 251 g/mol. The summed E-state index contributed by atoms with van der Waals surface area (Å²) in [5.41, 5.74) is 0.573. The molecule has 1 N–H and O–H groups in total. The maximum absolute atomic E-state index is 11.0. The Kier molecular flexibility index (Phi) is 4.71. The fraction of sp³-hybridized carbons (Fsp3) is 0.0909. The van der Waals surface area contributed by atoms with E-state index in [0.717, 1.165) is 0 Å². The normalized spacial score (nSPS) is 11.2. The van der Waals surface area contributed by atoms with Gasteiger partial charge in [0.1, 0.15) is 10.1 Å². The molecule has 0 aromatic heterocycles. The molecule has 0 spiro atoms. The van der Waals surface area contributed by atoms with E-state index < -0.39 is 10.1 Å². The summed E-state index contributed by atoms with van der Waals surface area (Å²) >= 11 is 0. The summed E-state index contributed by atoms with van der Waals surface area (Å²) in [5, 5.41) is 9.98. The van der Waals surface area contributed by atoms with E-state index in [-0.39, 0.29) is 41.1 Å². The van der Waals surface area contributed by atoms with Gasteiger partial charge in [-0.2, -0.15) is 0 Å². The van der Waals surface area contributed by atoms with Crippen molar-refractivity contribution in [3.8, 4) is 0 Å². The third-order valence-corrected chi connectivity index (χ3v) is 3.25. The molecule has 2 aromatic carbocycles. The fourth-order valence-electron chi connectivity index (χ4n) is 1.61. The Morgan fingerprint density at radius 3 is 2.47 bits per heavy atom. The van der Waals surface area contributed by atoms with Crippen LogP contribution in [0, 0.1) is 0 Å². The zero-order chi connectivity index (χ0) is 11.8. The summed E-state index contributed by atoms with van der Waals surface area (Å²) in [6.07, 6.45) is 0. The minimum atomic E-state index is -4.49. The second-order valence-electron chi connectivity index (χ2n) is 3.42. The molecule has 0 aliphatic carbocycles. The van der Waals surface area contributed by atoms with Crippen LogP contribution < -0.4 is 29.6 Å². The van der Waals surface area contributed by atoms with Gasteiger partial charge in [0.15, 0.2) is 0 Å². The largest absolute Gasteiger partial charge is 1.00 e. The van der Waals surface area contributed by atoms with E-state index in [1.54, 1.807) is 18.2 Å². The van der Waals surface area contributed by atoms with E-state index >= 15 is 0 Å². The minimum absolute atomic E-state index is 0. The van der Waals surface area contributed by atoms with Gasteiger partial charge in [-0.1, -0.05) is 24.3 Å². The molecule has 4 nitrogen and oxygen atoms in total. The first-order valence-corrected chi connectivity index (χ1v) is 6.01. The zero-order valence-electron chi connectivity index (χ0n) is 9.25. The van der Waals surface area contributed by atoms with Gasteiger partial charge >= 0.3 is 29.6 Å². The molecule has 0 saturated carbocycles. The van der Waals surface area contributed by atoms with Gasteiger partial charge < -0.3 is 9.66 Å². The van der Waals surface area contributed by atoms with E-state index in [1.165, 1.54) is 18.2 Å². The SMILES string of the molecule is O=S(=O)([O-])c1cccc2ccc(CO)cc12.[Na+]. The maximum atomic E-state index is 11.0. The third kappa shape index (κ3) is 3.07. The first-order valence-electron chi connectivity index (χ1n) is 4.61. The Bertz CT molecular complexity index is 637. The van der Waals surface area contributed by atoms with Gasteiger partial charge in [0.25, 0.3) is 0 Å². The minimum Gasteiger partial charge on any atom is -0.744 e. The predicted molar refractivity (Wildman–Crippen MR) is 57.8 cm³/mol. The van der Waals surface area contributed by atoms with Gasteiger partial charge in [-0.15, -0.1) is 0 Å². The molecule has 0 heterocycles.